The van der Waals surface area contributed by atoms with Crippen molar-refractivity contribution in [2.24, 2.45) is 11.7 Å². The minimum atomic E-state index is -0.360. The Hall–Kier alpha value is -0.810. The van der Waals surface area contributed by atoms with Crippen molar-refractivity contribution in [3.05, 3.63) is 35.4 Å². The molecule has 2 aliphatic rings. The first-order valence-corrected chi connectivity index (χ1v) is 9.91. The maximum atomic E-state index is 12.5. The summed E-state index contributed by atoms with van der Waals surface area (Å²) in [6.45, 7) is 6.09. The first-order valence-electron chi connectivity index (χ1n) is 9.91. The molecular weight excluding hydrogens is 381 g/mol. The van der Waals surface area contributed by atoms with Crippen molar-refractivity contribution in [1.29, 1.82) is 0 Å². The first-order chi connectivity index (χ1) is 12.0. The zero-order valence-electron chi connectivity index (χ0n) is 16.4. The Bertz CT molecular complexity index is 571. The van der Waals surface area contributed by atoms with Gasteiger partial charge >= 0.3 is 0 Å². The molecule has 1 saturated heterocycles. The highest BCUT2D eigenvalue weighted by atomic mass is 35.5. The van der Waals surface area contributed by atoms with Crippen molar-refractivity contribution in [1.82, 2.24) is 10.2 Å². The van der Waals surface area contributed by atoms with Crippen LogP contribution in [0, 0.1) is 5.92 Å². The maximum absolute atomic E-state index is 12.5. The predicted molar refractivity (Wildman–Crippen MR) is 116 cm³/mol. The zero-order valence-corrected chi connectivity index (χ0v) is 18.0. The van der Waals surface area contributed by atoms with E-state index in [2.05, 4.69) is 34.5 Å². The van der Waals surface area contributed by atoms with Crippen LogP contribution in [0.25, 0.3) is 0 Å². The fraction of sp³-hybridized carbons (Fsp3) is 0.667. The standard InChI is InChI=1S/C21H33N3O.2ClH/c1-21(22)12-4-3-7-19(21)20(25)23-15-17-8-10-18(11-9-17)16-24-13-5-2-6-14-24;;/h8-11,19H,2-7,12-16,22H2,1H3,(H,23,25);2*1H. The Labute approximate surface area is 176 Å². The molecule has 6 heteroatoms. The van der Waals surface area contributed by atoms with Crippen molar-refractivity contribution < 1.29 is 4.79 Å². The van der Waals surface area contributed by atoms with Gasteiger partial charge in [0.1, 0.15) is 0 Å². The molecule has 1 aliphatic carbocycles. The average molecular weight is 416 g/mol. The third-order valence-corrected chi connectivity index (χ3v) is 5.92. The van der Waals surface area contributed by atoms with E-state index in [1.165, 1.54) is 37.9 Å². The van der Waals surface area contributed by atoms with E-state index in [0.29, 0.717) is 6.54 Å². The highest BCUT2D eigenvalue weighted by Gasteiger charge is 2.37. The number of nitrogens with two attached hydrogens (primary N) is 1. The summed E-state index contributed by atoms with van der Waals surface area (Å²) in [5.74, 6) is 0.0571. The average Bonchev–Trinajstić information content (AvgIpc) is 2.61. The van der Waals surface area contributed by atoms with Crippen molar-refractivity contribution in [2.75, 3.05) is 13.1 Å². The second-order valence-corrected chi connectivity index (χ2v) is 8.18. The molecule has 1 aliphatic heterocycles. The number of rotatable bonds is 5. The number of nitrogens with zero attached hydrogens (tertiary/aromatic N) is 1. The molecule has 2 unspecified atom stereocenters. The van der Waals surface area contributed by atoms with Crippen LogP contribution in [0.2, 0.25) is 0 Å². The second kappa shape index (κ2) is 11.3. The number of likely N-dealkylation sites (tertiary alicyclic amines) is 1. The number of carbonyl (C=O) groups is 1. The van der Waals surface area contributed by atoms with Gasteiger partial charge < -0.3 is 11.1 Å². The Morgan fingerprint density at radius 1 is 1.07 bits per heavy atom. The van der Waals surface area contributed by atoms with Gasteiger partial charge in [0, 0.05) is 18.6 Å². The van der Waals surface area contributed by atoms with E-state index in [-0.39, 0.29) is 42.2 Å². The number of halogens is 2. The Morgan fingerprint density at radius 2 is 1.70 bits per heavy atom. The molecule has 154 valence electrons. The van der Waals surface area contributed by atoms with Crippen LogP contribution in [-0.2, 0) is 17.9 Å². The van der Waals surface area contributed by atoms with Crippen LogP contribution in [0.5, 0.6) is 0 Å². The van der Waals surface area contributed by atoms with Gasteiger partial charge in [0.2, 0.25) is 5.91 Å². The topological polar surface area (TPSA) is 58.4 Å². The highest BCUT2D eigenvalue weighted by molar-refractivity contribution is 5.85. The quantitative estimate of drug-likeness (QED) is 0.762. The number of piperidine rings is 1. The van der Waals surface area contributed by atoms with Gasteiger partial charge in [-0.15, -0.1) is 24.8 Å². The molecule has 1 heterocycles. The fourth-order valence-electron chi connectivity index (χ4n) is 4.24. The normalized spacial score (nSPS) is 25.8. The molecule has 0 bridgehead atoms. The molecule has 1 aromatic carbocycles. The van der Waals surface area contributed by atoms with Crippen LogP contribution in [0.1, 0.15) is 63.0 Å². The van der Waals surface area contributed by atoms with E-state index >= 15 is 0 Å². The molecule has 1 aromatic rings. The van der Waals surface area contributed by atoms with E-state index in [1.54, 1.807) is 0 Å². The SMILES string of the molecule is CC1(N)CCCCC1C(=O)NCc1ccc(CN2CCCCC2)cc1.Cl.Cl. The van der Waals surface area contributed by atoms with Crippen molar-refractivity contribution >= 4 is 30.7 Å². The highest BCUT2D eigenvalue weighted by Crippen LogP contribution is 2.31. The molecular formula is C21H35Cl2N3O. The zero-order chi connectivity index (χ0) is 17.7. The minimum absolute atomic E-state index is 0. The van der Waals surface area contributed by atoms with E-state index in [4.69, 9.17) is 5.73 Å². The number of carbonyl (C=O) groups excluding carboxylic acids is 1. The summed E-state index contributed by atoms with van der Waals surface area (Å²) in [6.07, 6.45) is 8.11. The van der Waals surface area contributed by atoms with Gasteiger partial charge in [-0.25, -0.2) is 0 Å². The Balaban J connectivity index is 0.00000182. The van der Waals surface area contributed by atoms with Crippen LogP contribution in [0.15, 0.2) is 24.3 Å². The summed E-state index contributed by atoms with van der Waals surface area (Å²) >= 11 is 0. The number of hydrogen-bond donors (Lipinski definition) is 2. The second-order valence-electron chi connectivity index (χ2n) is 8.18. The van der Waals surface area contributed by atoms with Crippen molar-refractivity contribution in [3.8, 4) is 0 Å². The number of amides is 1. The van der Waals surface area contributed by atoms with Crippen LogP contribution < -0.4 is 11.1 Å². The Morgan fingerprint density at radius 3 is 2.33 bits per heavy atom. The summed E-state index contributed by atoms with van der Waals surface area (Å²) in [4.78, 5) is 15.1. The van der Waals surface area contributed by atoms with Crippen LogP contribution in [-0.4, -0.2) is 29.4 Å². The molecule has 0 aromatic heterocycles. The van der Waals surface area contributed by atoms with Crippen molar-refractivity contribution in [3.63, 3.8) is 0 Å². The summed E-state index contributed by atoms with van der Waals surface area (Å²) < 4.78 is 0. The van der Waals surface area contributed by atoms with Gasteiger partial charge in [0.25, 0.3) is 0 Å². The Kier molecular flexibility index (Phi) is 10.1. The third kappa shape index (κ3) is 6.94. The van der Waals surface area contributed by atoms with Crippen LogP contribution in [0.4, 0.5) is 0 Å². The molecule has 1 amide bonds. The van der Waals surface area contributed by atoms with Gasteiger partial charge in [-0.2, -0.15) is 0 Å². The smallest absolute Gasteiger partial charge is 0.225 e. The van der Waals surface area contributed by atoms with Gasteiger partial charge in [0.05, 0.1) is 5.92 Å². The van der Waals surface area contributed by atoms with E-state index in [0.717, 1.165) is 37.8 Å². The van der Waals surface area contributed by atoms with Crippen LogP contribution >= 0.6 is 24.8 Å². The molecule has 0 radical (unpaired) electrons. The lowest BCUT2D eigenvalue weighted by atomic mass is 9.74. The summed E-state index contributed by atoms with van der Waals surface area (Å²) in [6, 6.07) is 8.68. The predicted octanol–water partition coefficient (Wildman–Crippen LogP) is 4.04. The lowest BCUT2D eigenvalue weighted by Crippen LogP contribution is -2.52. The number of benzene rings is 1. The first kappa shape index (κ1) is 24.2. The summed E-state index contributed by atoms with van der Waals surface area (Å²) in [7, 11) is 0. The number of nitrogens with one attached hydrogen (secondary N) is 1. The van der Waals surface area contributed by atoms with E-state index in [9.17, 15) is 4.79 Å². The van der Waals surface area contributed by atoms with Gasteiger partial charge in [0.15, 0.2) is 0 Å². The fourth-order valence-corrected chi connectivity index (χ4v) is 4.24. The van der Waals surface area contributed by atoms with Gasteiger partial charge in [-0.3, -0.25) is 9.69 Å². The van der Waals surface area contributed by atoms with Crippen LogP contribution in [0.3, 0.4) is 0 Å². The third-order valence-electron chi connectivity index (χ3n) is 5.92. The molecule has 0 spiro atoms. The van der Waals surface area contributed by atoms with Crippen molar-refractivity contribution in [2.45, 2.75) is 70.5 Å². The molecule has 1 saturated carbocycles. The lowest BCUT2D eigenvalue weighted by Gasteiger charge is -2.37. The molecule has 27 heavy (non-hydrogen) atoms. The minimum Gasteiger partial charge on any atom is -0.352 e. The molecule has 4 nitrogen and oxygen atoms in total. The summed E-state index contributed by atoms with van der Waals surface area (Å²) in [5, 5.41) is 3.10. The maximum Gasteiger partial charge on any atom is 0.225 e. The lowest BCUT2D eigenvalue weighted by molar-refractivity contribution is -0.128. The largest absolute Gasteiger partial charge is 0.352 e. The van der Waals surface area contributed by atoms with E-state index < -0.39 is 0 Å². The molecule has 2 atom stereocenters. The van der Waals surface area contributed by atoms with E-state index in [1.807, 2.05) is 6.92 Å². The van der Waals surface area contributed by atoms with Gasteiger partial charge in [-0.1, -0.05) is 43.5 Å². The molecule has 2 fully saturated rings. The van der Waals surface area contributed by atoms with Gasteiger partial charge in [-0.05, 0) is 56.8 Å². The number of hydrogen-bond acceptors (Lipinski definition) is 3. The molecule has 3 rings (SSSR count). The monoisotopic (exact) mass is 415 g/mol. The molecule has 3 N–H and O–H groups in total. The summed E-state index contributed by atoms with van der Waals surface area (Å²) in [5.41, 5.74) is 8.49.